The number of ether oxygens (including phenoxy) is 1. The highest BCUT2D eigenvalue weighted by Crippen LogP contribution is 2.23. The first kappa shape index (κ1) is 36.1. The number of carbonyl (C=O) groups excluding carboxylic acids is 3. The highest BCUT2D eigenvalue weighted by Gasteiger charge is 2.35. The molecule has 9 heteroatoms. The van der Waals surface area contributed by atoms with Gasteiger partial charge in [0.15, 0.2) is 6.61 Å². The minimum Gasteiger partial charge on any atom is -0.483 e. The molecule has 9 nitrogen and oxygen atoms in total. The molecule has 1 aliphatic rings. The highest BCUT2D eigenvalue weighted by molar-refractivity contribution is 5.87. The SMILES string of the molecule is C=C/C=C(\C=C)CC(CC(O)C(Cc1ccccc1)NC(=O)COc1c(C)cccc1C)NC(=O)C(C(C)C)N1CCCNC1=O. The number of aryl methyl sites for hydroxylation is 2. The maximum atomic E-state index is 13.8. The summed E-state index contributed by atoms with van der Waals surface area (Å²) < 4.78 is 5.89. The number of benzene rings is 2. The summed E-state index contributed by atoms with van der Waals surface area (Å²) in [6.45, 7) is 16.2. The Bertz CT molecular complexity index is 1350. The van der Waals surface area contributed by atoms with Gasteiger partial charge in [-0.2, -0.15) is 0 Å². The molecule has 4 unspecified atom stereocenters. The van der Waals surface area contributed by atoms with Crippen LogP contribution >= 0.6 is 0 Å². The molecule has 3 rings (SSSR count). The van der Waals surface area contributed by atoms with Crippen molar-refractivity contribution in [2.45, 2.75) is 77.6 Å². The zero-order valence-electron chi connectivity index (χ0n) is 27.6. The number of amides is 4. The van der Waals surface area contributed by atoms with Gasteiger partial charge in [0.1, 0.15) is 11.8 Å². The summed E-state index contributed by atoms with van der Waals surface area (Å²) in [5.74, 6) is -0.137. The Morgan fingerprint density at radius 2 is 1.76 bits per heavy atom. The Labute approximate surface area is 273 Å². The van der Waals surface area contributed by atoms with Gasteiger partial charge in [-0.25, -0.2) is 4.79 Å². The topological polar surface area (TPSA) is 120 Å². The lowest BCUT2D eigenvalue weighted by molar-refractivity contribution is -0.128. The molecule has 2 aromatic carbocycles. The quantitative estimate of drug-likeness (QED) is 0.188. The fraction of sp³-hybridized carbons (Fsp3) is 0.432. The van der Waals surface area contributed by atoms with Crippen molar-refractivity contribution < 1.29 is 24.2 Å². The van der Waals surface area contributed by atoms with Crippen LogP contribution in [0.3, 0.4) is 0 Å². The van der Waals surface area contributed by atoms with Gasteiger partial charge in [-0.15, -0.1) is 0 Å². The maximum Gasteiger partial charge on any atom is 0.318 e. The second kappa shape index (κ2) is 17.9. The normalized spacial score (nSPS) is 16.1. The van der Waals surface area contributed by atoms with Gasteiger partial charge in [-0.05, 0) is 67.7 Å². The monoisotopic (exact) mass is 630 g/mol. The minimum atomic E-state index is -1.03. The first-order chi connectivity index (χ1) is 22.0. The van der Waals surface area contributed by atoms with Crippen molar-refractivity contribution in [2.75, 3.05) is 19.7 Å². The van der Waals surface area contributed by atoms with Crippen LogP contribution in [0.1, 0.15) is 49.8 Å². The van der Waals surface area contributed by atoms with E-state index in [-0.39, 0.29) is 36.8 Å². The van der Waals surface area contributed by atoms with E-state index in [9.17, 15) is 19.5 Å². The van der Waals surface area contributed by atoms with Gasteiger partial charge in [-0.1, -0.05) is 93.8 Å². The fourth-order valence-corrected chi connectivity index (χ4v) is 5.87. The van der Waals surface area contributed by atoms with E-state index in [1.807, 2.05) is 82.3 Å². The van der Waals surface area contributed by atoms with E-state index in [1.54, 1.807) is 17.1 Å². The molecule has 0 aliphatic carbocycles. The Balaban J connectivity index is 1.82. The molecule has 1 aliphatic heterocycles. The van der Waals surface area contributed by atoms with Crippen LogP contribution in [0.5, 0.6) is 5.75 Å². The van der Waals surface area contributed by atoms with Crippen molar-refractivity contribution in [2.24, 2.45) is 5.92 Å². The van der Waals surface area contributed by atoms with Crippen LogP contribution in [0.4, 0.5) is 4.79 Å². The molecular weight excluding hydrogens is 580 g/mol. The van der Waals surface area contributed by atoms with Gasteiger partial charge in [0.05, 0.1) is 12.1 Å². The van der Waals surface area contributed by atoms with Crippen LogP contribution < -0.4 is 20.7 Å². The number of nitrogens with one attached hydrogen (secondary N) is 3. The molecule has 0 radical (unpaired) electrons. The Morgan fingerprint density at radius 1 is 1.07 bits per heavy atom. The molecule has 1 heterocycles. The summed E-state index contributed by atoms with van der Waals surface area (Å²) in [5, 5.41) is 20.6. The molecule has 248 valence electrons. The lowest BCUT2D eigenvalue weighted by Gasteiger charge is -2.37. The van der Waals surface area contributed by atoms with Crippen LogP contribution in [0, 0.1) is 19.8 Å². The summed E-state index contributed by atoms with van der Waals surface area (Å²) in [5.41, 5.74) is 3.63. The first-order valence-electron chi connectivity index (χ1n) is 16.0. The van der Waals surface area contributed by atoms with E-state index >= 15 is 0 Å². The van der Waals surface area contributed by atoms with Gasteiger partial charge in [-0.3, -0.25) is 9.59 Å². The van der Waals surface area contributed by atoms with E-state index in [0.717, 1.165) is 28.7 Å². The van der Waals surface area contributed by atoms with Crippen molar-refractivity contribution in [1.82, 2.24) is 20.9 Å². The minimum absolute atomic E-state index is 0.139. The molecule has 0 saturated carbocycles. The van der Waals surface area contributed by atoms with Crippen LogP contribution in [0.25, 0.3) is 0 Å². The van der Waals surface area contributed by atoms with Crippen LogP contribution in [0.15, 0.2) is 85.5 Å². The third-order valence-corrected chi connectivity index (χ3v) is 8.16. The van der Waals surface area contributed by atoms with Crippen LogP contribution in [0.2, 0.25) is 0 Å². The van der Waals surface area contributed by atoms with E-state index in [4.69, 9.17) is 4.74 Å². The number of hydrogen-bond acceptors (Lipinski definition) is 5. The number of rotatable bonds is 17. The average molecular weight is 631 g/mol. The molecule has 46 heavy (non-hydrogen) atoms. The lowest BCUT2D eigenvalue weighted by atomic mass is 9.92. The van der Waals surface area contributed by atoms with Crippen molar-refractivity contribution >= 4 is 17.8 Å². The highest BCUT2D eigenvalue weighted by atomic mass is 16.5. The maximum absolute atomic E-state index is 13.8. The van der Waals surface area contributed by atoms with Crippen LogP contribution in [-0.2, 0) is 16.0 Å². The van der Waals surface area contributed by atoms with Crippen molar-refractivity contribution in [3.8, 4) is 5.75 Å². The predicted molar refractivity (Wildman–Crippen MR) is 182 cm³/mol. The number of allylic oxidation sites excluding steroid dienone is 3. The van der Waals surface area contributed by atoms with Gasteiger partial charge in [0, 0.05) is 19.1 Å². The Hall–Kier alpha value is -4.37. The van der Waals surface area contributed by atoms with Crippen molar-refractivity contribution in [3.63, 3.8) is 0 Å². The molecule has 1 saturated heterocycles. The van der Waals surface area contributed by atoms with Crippen molar-refractivity contribution in [3.05, 3.63) is 102 Å². The molecule has 2 aromatic rings. The molecule has 4 N–H and O–H groups in total. The van der Waals surface area contributed by atoms with E-state index in [1.165, 1.54) is 0 Å². The van der Waals surface area contributed by atoms with E-state index in [0.29, 0.717) is 31.7 Å². The first-order valence-corrected chi connectivity index (χ1v) is 16.0. The molecular formula is C37H50N4O5. The summed E-state index contributed by atoms with van der Waals surface area (Å²) >= 11 is 0. The standard InChI is InChI=1S/C37H50N4O5/c1-7-14-28(8-2)21-30(39-36(44)34(25(3)4)41-20-13-19-38-37(41)45)23-32(42)31(22-29-17-10-9-11-18-29)40-33(43)24-46-35-26(5)15-12-16-27(35)6/h7-12,14-18,25,30-32,34,42H,1-2,13,19-24H2,3-6H3,(H,38,45)(H,39,44)(H,40,43)/b28-14+. The smallest absolute Gasteiger partial charge is 0.318 e. The second-order valence-electron chi connectivity index (χ2n) is 12.2. The number of aliphatic hydroxyl groups excluding tert-OH is 1. The number of hydrogen-bond donors (Lipinski definition) is 4. The third-order valence-electron chi connectivity index (χ3n) is 8.16. The van der Waals surface area contributed by atoms with Gasteiger partial charge in [0.25, 0.3) is 5.91 Å². The molecule has 0 bridgehead atoms. The Morgan fingerprint density at radius 3 is 2.37 bits per heavy atom. The summed E-state index contributed by atoms with van der Waals surface area (Å²) in [4.78, 5) is 41.2. The van der Waals surface area contributed by atoms with Gasteiger partial charge in [0.2, 0.25) is 5.91 Å². The zero-order valence-corrected chi connectivity index (χ0v) is 27.6. The number of urea groups is 1. The average Bonchev–Trinajstić information content (AvgIpc) is 3.01. The summed E-state index contributed by atoms with van der Waals surface area (Å²) in [7, 11) is 0. The summed E-state index contributed by atoms with van der Waals surface area (Å²) in [6.07, 6.45) is 5.76. The fourth-order valence-electron chi connectivity index (χ4n) is 5.87. The third kappa shape index (κ3) is 10.6. The largest absolute Gasteiger partial charge is 0.483 e. The number of aliphatic hydroxyl groups is 1. The Kier molecular flexibility index (Phi) is 14.1. The van der Waals surface area contributed by atoms with E-state index < -0.39 is 24.2 Å². The lowest BCUT2D eigenvalue weighted by Crippen LogP contribution is -2.59. The molecule has 0 aromatic heterocycles. The molecule has 4 atom stereocenters. The van der Waals surface area contributed by atoms with Crippen molar-refractivity contribution in [1.29, 1.82) is 0 Å². The van der Waals surface area contributed by atoms with Crippen LogP contribution in [-0.4, -0.2) is 71.8 Å². The molecule has 4 amide bonds. The summed E-state index contributed by atoms with van der Waals surface area (Å²) in [6, 6.07) is 13.3. The number of para-hydroxylation sites is 1. The predicted octanol–water partition coefficient (Wildman–Crippen LogP) is 4.77. The number of nitrogens with zero attached hydrogens (tertiary/aromatic N) is 1. The van der Waals surface area contributed by atoms with E-state index in [2.05, 4.69) is 29.1 Å². The number of carbonyl (C=O) groups is 3. The zero-order chi connectivity index (χ0) is 33.6. The second-order valence-corrected chi connectivity index (χ2v) is 12.2. The molecule has 1 fully saturated rings. The molecule has 0 spiro atoms. The van der Waals surface area contributed by atoms with Gasteiger partial charge >= 0.3 is 6.03 Å². The van der Waals surface area contributed by atoms with Gasteiger partial charge < -0.3 is 30.7 Å².